The third-order valence-corrected chi connectivity index (χ3v) is 4.89. The number of hydrogen-bond acceptors (Lipinski definition) is 3. The van der Waals surface area contributed by atoms with Gasteiger partial charge < -0.3 is 4.90 Å². The van der Waals surface area contributed by atoms with E-state index in [2.05, 4.69) is 100 Å². The molecular formula is C24H24N4. The van der Waals surface area contributed by atoms with E-state index in [1.54, 1.807) is 4.80 Å². The standard InChI is InChI=1S/C24H24N4/c1-19-20(2)26-28(25-19)24-15-13-23(14-16-24)27(17-21-9-5-3-6-10-21)18-22-11-7-4-8-12-22/h3-16H,17-18H2,1-2H3. The van der Waals surface area contributed by atoms with Gasteiger partial charge in [0.15, 0.2) is 0 Å². The van der Waals surface area contributed by atoms with Gasteiger partial charge in [-0.3, -0.25) is 0 Å². The molecule has 140 valence electrons. The van der Waals surface area contributed by atoms with Crippen LogP contribution in [0.2, 0.25) is 0 Å². The molecule has 0 atom stereocenters. The smallest absolute Gasteiger partial charge is 0.0858 e. The quantitative estimate of drug-likeness (QED) is 0.475. The minimum absolute atomic E-state index is 0.854. The monoisotopic (exact) mass is 368 g/mol. The number of aryl methyl sites for hydroxylation is 2. The van der Waals surface area contributed by atoms with Crippen molar-refractivity contribution in [1.82, 2.24) is 15.0 Å². The average Bonchev–Trinajstić information content (AvgIpc) is 3.08. The molecule has 0 aliphatic carbocycles. The molecule has 0 saturated carbocycles. The highest BCUT2D eigenvalue weighted by Crippen LogP contribution is 2.22. The normalized spacial score (nSPS) is 10.8. The van der Waals surface area contributed by atoms with Gasteiger partial charge in [0.25, 0.3) is 0 Å². The van der Waals surface area contributed by atoms with Crippen molar-refractivity contribution in [3.05, 3.63) is 107 Å². The van der Waals surface area contributed by atoms with Gasteiger partial charge in [0.2, 0.25) is 0 Å². The topological polar surface area (TPSA) is 34.0 Å². The lowest BCUT2D eigenvalue weighted by Crippen LogP contribution is -2.22. The van der Waals surface area contributed by atoms with Gasteiger partial charge in [0.05, 0.1) is 17.1 Å². The zero-order chi connectivity index (χ0) is 19.3. The first-order valence-corrected chi connectivity index (χ1v) is 9.53. The maximum atomic E-state index is 4.48. The van der Waals surface area contributed by atoms with E-state index in [9.17, 15) is 0 Å². The Bertz CT molecular complexity index is 960. The summed E-state index contributed by atoms with van der Waals surface area (Å²) in [5, 5.41) is 8.96. The first-order chi connectivity index (χ1) is 13.7. The van der Waals surface area contributed by atoms with Gasteiger partial charge >= 0.3 is 0 Å². The van der Waals surface area contributed by atoms with Crippen molar-refractivity contribution < 1.29 is 0 Å². The zero-order valence-electron chi connectivity index (χ0n) is 16.3. The third kappa shape index (κ3) is 4.12. The van der Waals surface area contributed by atoms with Crippen LogP contribution in [-0.2, 0) is 13.1 Å². The van der Waals surface area contributed by atoms with Crippen molar-refractivity contribution >= 4 is 5.69 Å². The van der Waals surface area contributed by atoms with Crippen molar-refractivity contribution in [2.45, 2.75) is 26.9 Å². The Morgan fingerprint density at radius 1 is 0.643 bits per heavy atom. The minimum Gasteiger partial charge on any atom is -0.363 e. The molecule has 4 rings (SSSR count). The summed E-state index contributed by atoms with van der Waals surface area (Å²) in [6, 6.07) is 29.6. The molecule has 0 bridgehead atoms. The van der Waals surface area contributed by atoms with Gasteiger partial charge in [0.1, 0.15) is 0 Å². The first-order valence-electron chi connectivity index (χ1n) is 9.53. The number of hydrogen-bond donors (Lipinski definition) is 0. The second-order valence-electron chi connectivity index (χ2n) is 7.00. The Morgan fingerprint density at radius 2 is 1.11 bits per heavy atom. The highest BCUT2D eigenvalue weighted by Gasteiger charge is 2.10. The zero-order valence-corrected chi connectivity index (χ0v) is 16.3. The van der Waals surface area contributed by atoms with Crippen molar-refractivity contribution in [3.8, 4) is 5.69 Å². The number of benzene rings is 3. The molecule has 0 N–H and O–H groups in total. The van der Waals surface area contributed by atoms with E-state index >= 15 is 0 Å². The van der Waals surface area contributed by atoms with Crippen molar-refractivity contribution in [2.24, 2.45) is 0 Å². The summed E-state index contributed by atoms with van der Waals surface area (Å²) in [6.07, 6.45) is 0. The summed E-state index contributed by atoms with van der Waals surface area (Å²) in [4.78, 5) is 4.09. The van der Waals surface area contributed by atoms with Crippen LogP contribution in [0.15, 0.2) is 84.9 Å². The van der Waals surface area contributed by atoms with Crippen LogP contribution in [0.25, 0.3) is 5.69 Å². The Balaban J connectivity index is 1.61. The molecule has 28 heavy (non-hydrogen) atoms. The Labute approximate surface area is 166 Å². The fourth-order valence-corrected chi connectivity index (χ4v) is 3.21. The molecule has 4 heteroatoms. The summed E-state index contributed by atoms with van der Waals surface area (Å²) < 4.78 is 0. The molecule has 0 spiro atoms. The maximum Gasteiger partial charge on any atom is 0.0858 e. The van der Waals surface area contributed by atoms with Crippen LogP contribution in [0, 0.1) is 13.8 Å². The average molecular weight is 368 g/mol. The van der Waals surface area contributed by atoms with Crippen molar-refractivity contribution in [3.63, 3.8) is 0 Å². The predicted octanol–water partition coefficient (Wildman–Crippen LogP) is 5.09. The second-order valence-corrected chi connectivity index (χ2v) is 7.00. The van der Waals surface area contributed by atoms with Gasteiger partial charge in [-0.25, -0.2) is 0 Å². The molecule has 0 aliphatic heterocycles. The maximum absolute atomic E-state index is 4.48. The van der Waals surface area contributed by atoms with Crippen LogP contribution >= 0.6 is 0 Å². The van der Waals surface area contributed by atoms with Gasteiger partial charge in [0, 0.05) is 18.8 Å². The van der Waals surface area contributed by atoms with E-state index in [0.717, 1.165) is 30.2 Å². The highest BCUT2D eigenvalue weighted by atomic mass is 15.5. The molecule has 1 heterocycles. The molecule has 1 aromatic heterocycles. The fraction of sp³-hybridized carbons (Fsp3) is 0.167. The highest BCUT2D eigenvalue weighted by molar-refractivity contribution is 5.51. The molecule has 0 amide bonds. The molecular weight excluding hydrogens is 344 g/mol. The van der Waals surface area contributed by atoms with Crippen LogP contribution in [0.1, 0.15) is 22.5 Å². The summed E-state index contributed by atoms with van der Waals surface area (Å²) in [5.41, 5.74) is 6.65. The van der Waals surface area contributed by atoms with Gasteiger partial charge in [-0.05, 0) is 49.2 Å². The minimum atomic E-state index is 0.854. The predicted molar refractivity (Wildman–Crippen MR) is 114 cm³/mol. The largest absolute Gasteiger partial charge is 0.363 e. The molecule has 0 fully saturated rings. The molecule has 4 nitrogen and oxygen atoms in total. The molecule has 0 aliphatic rings. The third-order valence-electron chi connectivity index (χ3n) is 4.89. The Hall–Kier alpha value is -3.40. The number of nitrogens with zero attached hydrogens (tertiary/aromatic N) is 4. The van der Waals surface area contributed by atoms with Crippen LogP contribution in [0.3, 0.4) is 0 Å². The van der Waals surface area contributed by atoms with Gasteiger partial charge in [-0.2, -0.15) is 15.0 Å². The van der Waals surface area contributed by atoms with Gasteiger partial charge in [-0.15, -0.1) is 0 Å². The van der Waals surface area contributed by atoms with Crippen LogP contribution in [-0.4, -0.2) is 15.0 Å². The van der Waals surface area contributed by atoms with E-state index in [1.165, 1.54) is 16.8 Å². The number of anilines is 1. The van der Waals surface area contributed by atoms with Crippen LogP contribution in [0.5, 0.6) is 0 Å². The van der Waals surface area contributed by atoms with E-state index in [1.807, 2.05) is 13.8 Å². The SMILES string of the molecule is Cc1nn(-c2ccc(N(Cc3ccccc3)Cc3ccccc3)cc2)nc1C. The molecule has 4 aromatic rings. The summed E-state index contributed by atoms with van der Waals surface area (Å²) >= 11 is 0. The van der Waals surface area contributed by atoms with Gasteiger partial charge in [-0.1, -0.05) is 60.7 Å². The number of aromatic nitrogens is 3. The summed E-state index contributed by atoms with van der Waals surface area (Å²) in [5.74, 6) is 0. The first kappa shape index (κ1) is 18.0. The molecule has 0 unspecified atom stereocenters. The summed E-state index contributed by atoms with van der Waals surface area (Å²) in [6.45, 7) is 5.67. The van der Waals surface area contributed by atoms with Crippen LogP contribution < -0.4 is 4.90 Å². The summed E-state index contributed by atoms with van der Waals surface area (Å²) in [7, 11) is 0. The lowest BCUT2D eigenvalue weighted by atomic mass is 10.1. The van der Waals surface area contributed by atoms with E-state index in [0.29, 0.717) is 0 Å². The van der Waals surface area contributed by atoms with Crippen molar-refractivity contribution in [2.75, 3.05) is 4.90 Å². The molecule has 3 aromatic carbocycles. The number of rotatable bonds is 6. The molecule has 0 radical (unpaired) electrons. The Morgan fingerprint density at radius 3 is 1.57 bits per heavy atom. The lowest BCUT2D eigenvalue weighted by Gasteiger charge is -2.25. The lowest BCUT2D eigenvalue weighted by molar-refractivity contribution is 0.739. The second kappa shape index (κ2) is 8.09. The van der Waals surface area contributed by atoms with Crippen LogP contribution in [0.4, 0.5) is 5.69 Å². The van der Waals surface area contributed by atoms with E-state index in [4.69, 9.17) is 0 Å². The van der Waals surface area contributed by atoms with E-state index in [-0.39, 0.29) is 0 Å². The Kier molecular flexibility index (Phi) is 5.20. The van der Waals surface area contributed by atoms with E-state index < -0.39 is 0 Å². The molecule has 0 saturated heterocycles. The van der Waals surface area contributed by atoms with Crippen molar-refractivity contribution in [1.29, 1.82) is 0 Å². The fourth-order valence-electron chi connectivity index (χ4n) is 3.21.